The SMILES string of the molecule is O=C(O)c1ccc2c(c1Br)CCS2(=O)=O. The summed E-state index contributed by atoms with van der Waals surface area (Å²) in [5, 5.41) is 8.85. The molecule has 2 rings (SSSR count). The Bertz CT molecular complexity index is 547. The summed E-state index contributed by atoms with van der Waals surface area (Å²) in [7, 11) is -3.19. The molecule has 0 aromatic heterocycles. The Morgan fingerprint density at radius 1 is 1.40 bits per heavy atom. The molecule has 0 saturated heterocycles. The topological polar surface area (TPSA) is 71.4 Å². The fraction of sp³-hybridized carbons (Fsp3) is 0.222. The smallest absolute Gasteiger partial charge is 0.336 e. The summed E-state index contributed by atoms with van der Waals surface area (Å²) in [5.74, 6) is -1.00. The zero-order chi connectivity index (χ0) is 11.2. The molecule has 80 valence electrons. The van der Waals surface area contributed by atoms with Crippen LogP contribution in [0, 0.1) is 0 Å². The van der Waals surface area contributed by atoms with Crippen LogP contribution in [0.1, 0.15) is 15.9 Å². The average Bonchev–Trinajstić information content (AvgIpc) is 2.43. The minimum atomic E-state index is -3.19. The van der Waals surface area contributed by atoms with Crippen molar-refractivity contribution in [2.45, 2.75) is 11.3 Å². The van der Waals surface area contributed by atoms with Crippen LogP contribution in [0.2, 0.25) is 0 Å². The van der Waals surface area contributed by atoms with Crippen molar-refractivity contribution in [3.8, 4) is 0 Å². The maximum atomic E-state index is 11.5. The van der Waals surface area contributed by atoms with E-state index in [-0.39, 0.29) is 16.2 Å². The lowest BCUT2D eigenvalue weighted by Crippen LogP contribution is -2.01. The van der Waals surface area contributed by atoms with Gasteiger partial charge in [-0.25, -0.2) is 13.2 Å². The number of halogens is 1. The molecule has 4 nitrogen and oxygen atoms in total. The van der Waals surface area contributed by atoms with Gasteiger partial charge in [0.2, 0.25) is 0 Å². The first kappa shape index (κ1) is 10.6. The van der Waals surface area contributed by atoms with Gasteiger partial charge in [0, 0.05) is 4.47 Å². The van der Waals surface area contributed by atoms with Gasteiger partial charge in [0.05, 0.1) is 16.2 Å². The largest absolute Gasteiger partial charge is 0.478 e. The van der Waals surface area contributed by atoms with Crippen molar-refractivity contribution in [1.29, 1.82) is 0 Å². The Kier molecular flexibility index (Phi) is 2.35. The number of benzene rings is 1. The predicted molar refractivity (Wildman–Crippen MR) is 56.9 cm³/mol. The molecule has 1 N–H and O–H groups in total. The number of fused-ring (bicyclic) bond motifs is 1. The molecule has 1 aromatic carbocycles. The van der Waals surface area contributed by atoms with Crippen LogP contribution >= 0.6 is 15.9 Å². The van der Waals surface area contributed by atoms with Crippen molar-refractivity contribution < 1.29 is 18.3 Å². The monoisotopic (exact) mass is 290 g/mol. The maximum absolute atomic E-state index is 11.5. The number of hydrogen-bond acceptors (Lipinski definition) is 3. The average molecular weight is 291 g/mol. The first-order valence-corrected chi connectivity index (χ1v) is 6.65. The highest BCUT2D eigenvalue weighted by atomic mass is 79.9. The van der Waals surface area contributed by atoms with E-state index in [4.69, 9.17) is 5.11 Å². The molecule has 0 spiro atoms. The molecular weight excluding hydrogens is 284 g/mol. The lowest BCUT2D eigenvalue weighted by molar-refractivity contribution is 0.0695. The number of carboxylic acids is 1. The molecule has 1 aliphatic heterocycles. The predicted octanol–water partition coefficient (Wildman–Crippen LogP) is 1.48. The van der Waals surface area contributed by atoms with E-state index in [1.54, 1.807) is 0 Å². The Labute approximate surface area is 95.0 Å². The van der Waals surface area contributed by atoms with Gasteiger partial charge in [0.15, 0.2) is 9.84 Å². The van der Waals surface area contributed by atoms with E-state index in [1.165, 1.54) is 12.1 Å². The van der Waals surface area contributed by atoms with Crippen LogP contribution < -0.4 is 0 Å². The fourth-order valence-electron chi connectivity index (χ4n) is 1.64. The highest BCUT2D eigenvalue weighted by Gasteiger charge is 2.29. The normalized spacial score (nSPS) is 17.4. The quantitative estimate of drug-likeness (QED) is 0.850. The molecule has 0 amide bonds. The Hall–Kier alpha value is -0.880. The molecule has 1 heterocycles. The van der Waals surface area contributed by atoms with E-state index < -0.39 is 15.8 Å². The van der Waals surface area contributed by atoms with Crippen molar-refractivity contribution >= 4 is 31.7 Å². The zero-order valence-corrected chi connectivity index (χ0v) is 9.93. The maximum Gasteiger partial charge on any atom is 0.336 e. The second kappa shape index (κ2) is 3.31. The van der Waals surface area contributed by atoms with E-state index in [0.29, 0.717) is 16.5 Å². The minimum Gasteiger partial charge on any atom is -0.478 e. The molecule has 0 aliphatic carbocycles. The summed E-state index contributed by atoms with van der Waals surface area (Å²) < 4.78 is 23.4. The molecule has 0 radical (unpaired) electrons. The van der Waals surface area contributed by atoms with E-state index in [2.05, 4.69) is 15.9 Å². The van der Waals surface area contributed by atoms with E-state index >= 15 is 0 Å². The van der Waals surface area contributed by atoms with E-state index in [1.807, 2.05) is 0 Å². The molecule has 0 bridgehead atoms. The van der Waals surface area contributed by atoms with Crippen molar-refractivity contribution in [1.82, 2.24) is 0 Å². The Morgan fingerprint density at radius 3 is 2.67 bits per heavy atom. The first-order valence-electron chi connectivity index (χ1n) is 4.21. The Morgan fingerprint density at radius 2 is 2.07 bits per heavy atom. The molecule has 0 saturated carbocycles. The van der Waals surface area contributed by atoms with E-state index in [0.717, 1.165) is 0 Å². The summed E-state index contributed by atoms with van der Waals surface area (Å²) in [5.41, 5.74) is 0.681. The third kappa shape index (κ3) is 1.57. The van der Waals surface area contributed by atoms with Gasteiger partial charge in [0.1, 0.15) is 0 Å². The van der Waals surface area contributed by atoms with Crippen LogP contribution in [0.15, 0.2) is 21.5 Å². The third-order valence-electron chi connectivity index (χ3n) is 2.39. The number of carboxylic acid groups (broad SMARTS) is 1. The third-order valence-corrected chi connectivity index (χ3v) is 5.09. The summed E-state index contributed by atoms with van der Waals surface area (Å²) >= 11 is 3.14. The zero-order valence-electron chi connectivity index (χ0n) is 7.53. The Balaban J connectivity index is 2.73. The van der Waals surface area contributed by atoms with Gasteiger partial charge in [-0.05, 0) is 40.0 Å². The number of sulfone groups is 1. The van der Waals surface area contributed by atoms with Gasteiger partial charge >= 0.3 is 5.97 Å². The number of hydrogen-bond donors (Lipinski definition) is 1. The molecular formula is C9H7BrO4S. The van der Waals surface area contributed by atoms with Crippen molar-refractivity contribution in [2.75, 3.05) is 5.75 Å². The second-order valence-corrected chi connectivity index (χ2v) is 6.15. The summed E-state index contributed by atoms with van der Waals surface area (Å²) in [6, 6.07) is 2.68. The van der Waals surface area contributed by atoms with Crippen LogP contribution in [0.25, 0.3) is 0 Å². The summed E-state index contributed by atoms with van der Waals surface area (Å²) in [6.45, 7) is 0. The summed E-state index contributed by atoms with van der Waals surface area (Å²) in [4.78, 5) is 11.1. The van der Waals surface area contributed by atoms with Crippen LogP contribution in [-0.2, 0) is 16.3 Å². The number of rotatable bonds is 1. The number of carbonyl (C=O) groups is 1. The van der Waals surface area contributed by atoms with Crippen LogP contribution in [0.4, 0.5) is 0 Å². The first-order chi connectivity index (χ1) is 6.93. The molecule has 0 atom stereocenters. The molecule has 0 unspecified atom stereocenters. The van der Waals surface area contributed by atoms with Gasteiger partial charge in [-0.2, -0.15) is 0 Å². The molecule has 1 aromatic rings. The molecule has 15 heavy (non-hydrogen) atoms. The summed E-state index contributed by atoms with van der Waals surface area (Å²) in [6.07, 6.45) is 0.374. The minimum absolute atomic E-state index is 0.0595. The van der Waals surface area contributed by atoms with Crippen LogP contribution in [0.3, 0.4) is 0 Å². The van der Waals surface area contributed by atoms with Crippen molar-refractivity contribution in [2.24, 2.45) is 0 Å². The van der Waals surface area contributed by atoms with Gasteiger partial charge in [-0.1, -0.05) is 0 Å². The number of aromatic carboxylic acids is 1. The highest BCUT2D eigenvalue weighted by molar-refractivity contribution is 9.10. The highest BCUT2D eigenvalue weighted by Crippen LogP contribution is 2.34. The second-order valence-electron chi connectivity index (χ2n) is 3.28. The van der Waals surface area contributed by atoms with Crippen molar-refractivity contribution in [3.63, 3.8) is 0 Å². The van der Waals surface area contributed by atoms with E-state index in [9.17, 15) is 13.2 Å². The van der Waals surface area contributed by atoms with Crippen LogP contribution in [-0.4, -0.2) is 25.2 Å². The molecule has 0 fully saturated rings. The standard InChI is InChI=1S/C9H7BrO4S/c10-8-5-3-4-15(13,14)7(5)2-1-6(8)9(11)12/h1-2H,3-4H2,(H,11,12). The lowest BCUT2D eigenvalue weighted by Gasteiger charge is -2.04. The van der Waals surface area contributed by atoms with Crippen LogP contribution in [0.5, 0.6) is 0 Å². The van der Waals surface area contributed by atoms with Gasteiger partial charge in [0.25, 0.3) is 0 Å². The fourth-order valence-corrected chi connectivity index (χ4v) is 4.03. The lowest BCUT2D eigenvalue weighted by atomic mass is 10.1. The van der Waals surface area contributed by atoms with Gasteiger partial charge in [-0.3, -0.25) is 0 Å². The van der Waals surface area contributed by atoms with Gasteiger partial charge < -0.3 is 5.11 Å². The van der Waals surface area contributed by atoms with Crippen molar-refractivity contribution in [3.05, 3.63) is 27.7 Å². The van der Waals surface area contributed by atoms with Gasteiger partial charge in [-0.15, -0.1) is 0 Å². The molecule has 6 heteroatoms. The molecule has 1 aliphatic rings.